The molecule has 0 aromatic carbocycles. The average molecular weight is 239 g/mol. The Bertz CT molecular complexity index is 332. The summed E-state index contributed by atoms with van der Waals surface area (Å²) in [4.78, 5) is 4.31. The maximum atomic E-state index is 8.94. The van der Waals surface area contributed by atoms with E-state index in [-0.39, 0.29) is 6.61 Å². The van der Waals surface area contributed by atoms with Crippen molar-refractivity contribution in [3.63, 3.8) is 0 Å². The second kappa shape index (κ2) is 6.12. The number of hydrogen-bond donors (Lipinski definition) is 2. The second-order valence-corrected chi connectivity index (χ2v) is 4.82. The van der Waals surface area contributed by atoms with Gasteiger partial charge in [0.2, 0.25) is 5.89 Å². The number of aliphatic hydroxyl groups excluding tert-OH is 1. The molecule has 1 heterocycles. The Labute approximate surface area is 101 Å². The van der Waals surface area contributed by atoms with Crippen LogP contribution in [-0.4, -0.2) is 21.9 Å². The van der Waals surface area contributed by atoms with Crippen LogP contribution in [0.3, 0.4) is 0 Å². The van der Waals surface area contributed by atoms with Gasteiger partial charge in [-0.05, 0) is 12.8 Å². The monoisotopic (exact) mass is 239 g/mol. The van der Waals surface area contributed by atoms with Gasteiger partial charge in [-0.2, -0.15) is 4.98 Å². The van der Waals surface area contributed by atoms with E-state index in [2.05, 4.69) is 10.1 Å². The first-order valence-corrected chi connectivity index (χ1v) is 6.51. The fraction of sp³-hybridized carbons (Fsp3) is 0.833. The molecule has 1 fully saturated rings. The third-order valence-corrected chi connectivity index (χ3v) is 3.44. The van der Waals surface area contributed by atoms with Crippen LogP contribution in [0.4, 0.5) is 0 Å². The zero-order valence-corrected chi connectivity index (χ0v) is 10.1. The minimum absolute atomic E-state index is 0.160. The minimum Gasteiger partial charge on any atom is -0.394 e. The molecule has 0 bridgehead atoms. The number of nitrogens with two attached hydrogens (primary N) is 1. The predicted molar refractivity (Wildman–Crippen MR) is 63.4 cm³/mol. The van der Waals surface area contributed by atoms with E-state index in [1.165, 1.54) is 32.1 Å². The third kappa shape index (κ3) is 3.26. The SMILES string of the molecule is NC(CO)c1nc(C2CCCCCCC2)no1. The fourth-order valence-electron chi connectivity index (χ4n) is 2.36. The Morgan fingerprint density at radius 1 is 1.24 bits per heavy atom. The Hall–Kier alpha value is -0.940. The zero-order valence-electron chi connectivity index (χ0n) is 10.1. The molecule has 1 aromatic heterocycles. The van der Waals surface area contributed by atoms with E-state index in [1.807, 2.05) is 0 Å². The summed E-state index contributed by atoms with van der Waals surface area (Å²) in [6, 6.07) is -0.551. The van der Waals surface area contributed by atoms with Gasteiger partial charge in [-0.15, -0.1) is 0 Å². The van der Waals surface area contributed by atoms with E-state index in [0.717, 1.165) is 18.7 Å². The maximum absolute atomic E-state index is 8.94. The molecule has 1 aliphatic carbocycles. The Kier molecular flexibility index (Phi) is 4.50. The van der Waals surface area contributed by atoms with Crippen molar-refractivity contribution in [2.75, 3.05) is 6.61 Å². The molecule has 2 rings (SSSR count). The second-order valence-electron chi connectivity index (χ2n) is 4.82. The first-order valence-electron chi connectivity index (χ1n) is 6.51. The molecule has 0 aliphatic heterocycles. The van der Waals surface area contributed by atoms with Gasteiger partial charge in [-0.3, -0.25) is 0 Å². The summed E-state index contributed by atoms with van der Waals surface area (Å²) in [5.74, 6) is 1.52. The van der Waals surface area contributed by atoms with Crippen LogP contribution in [0.1, 0.15) is 68.6 Å². The summed E-state index contributed by atoms with van der Waals surface area (Å²) >= 11 is 0. The highest BCUT2D eigenvalue weighted by Gasteiger charge is 2.21. The van der Waals surface area contributed by atoms with Crippen LogP contribution in [-0.2, 0) is 0 Å². The molecule has 1 atom stereocenters. The van der Waals surface area contributed by atoms with Gasteiger partial charge in [0.25, 0.3) is 0 Å². The average Bonchev–Trinajstić information content (AvgIpc) is 2.77. The van der Waals surface area contributed by atoms with Crippen LogP contribution < -0.4 is 5.73 Å². The van der Waals surface area contributed by atoms with Crippen LogP contribution in [0.2, 0.25) is 0 Å². The quantitative estimate of drug-likeness (QED) is 0.841. The lowest BCUT2D eigenvalue weighted by molar-refractivity contribution is 0.236. The lowest BCUT2D eigenvalue weighted by Crippen LogP contribution is -2.15. The predicted octanol–water partition coefficient (Wildman–Crippen LogP) is 1.89. The molecule has 17 heavy (non-hydrogen) atoms. The normalized spacial score (nSPS) is 20.8. The lowest BCUT2D eigenvalue weighted by atomic mass is 9.91. The lowest BCUT2D eigenvalue weighted by Gasteiger charge is -2.15. The smallest absolute Gasteiger partial charge is 0.245 e. The first-order chi connectivity index (χ1) is 8.31. The van der Waals surface area contributed by atoms with Gasteiger partial charge in [0.1, 0.15) is 6.04 Å². The van der Waals surface area contributed by atoms with Crippen LogP contribution in [0, 0.1) is 0 Å². The van der Waals surface area contributed by atoms with Crippen molar-refractivity contribution in [1.29, 1.82) is 0 Å². The van der Waals surface area contributed by atoms with Gasteiger partial charge >= 0.3 is 0 Å². The molecule has 0 saturated heterocycles. The van der Waals surface area contributed by atoms with E-state index in [9.17, 15) is 0 Å². The van der Waals surface area contributed by atoms with Gasteiger partial charge in [-0.1, -0.05) is 37.3 Å². The summed E-state index contributed by atoms with van der Waals surface area (Å²) in [7, 11) is 0. The van der Waals surface area contributed by atoms with Gasteiger partial charge in [-0.25, -0.2) is 0 Å². The largest absolute Gasteiger partial charge is 0.394 e. The van der Waals surface area contributed by atoms with Crippen molar-refractivity contribution >= 4 is 0 Å². The molecule has 0 spiro atoms. The van der Waals surface area contributed by atoms with Crippen molar-refractivity contribution < 1.29 is 9.63 Å². The molecule has 3 N–H and O–H groups in total. The Balaban J connectivity index is 2.01. The molecular formula is C12H21N3O2. The van der Waals surface area contributed by atoms with E-state index in [0.29, 0.717) is 11.8 Å². The molecule has 1 unspecified atom stereocenters. The molecule has 1 saturated carbocycles. The molecule has 1 aromatic rings. The van der Waals surface area contributed by atoms with E-state index < -0.39 is 6.04 Å². The van der Waals surface area contributed by atoms with Crippen molar-refractivity contribution in [2.24, 2.45) is 5.73 Å². The van der Waals surface area contributed by atoms with Gasteiger partial charge in [0, 0.05) is 5.92 Å². The fourth-order valence-corrected chi connectivity index (χ4v) is 2.36. The van der Waals surface area contributed by atoms with Crippen LogP contribution in [0.25, 0.3) is 0 Å². The number of aliphatic hydroxyl groups is 1. The van der Waals surface area contributed by atoms with Gasteiger partial charge < -0.3 is 15.4 Å². The Morgan fingerprint density at radius 3 is 2.53 bits per heavy atom. The van der Waals surface area contributed by atoms with E-state index in [1.54, 1.807) is 0 Å². The molecule has 1 aliphatic rings. The number of hydrogen-bond acceptors (Lipinski definition) is 5. The maximum Gasteiger partial charge on any atom is 0.245 e. The summed E-state index contributed by atoms with van der Waals surface area (Å²) in [5.41, 5.74) is 5.65. The van der Waals surface area contributed by atoms with Crippen molar-refractivity contribution in [3.8, 4) is 0 Å². The molecule has 5 nitrogen and oxygen atoms in total. The van der Waals surface area contributed by atoms with Crippen LogP contribution in [0.15, 0.2) is 4.52 Å². The Morgan fingerprint density at radius 2 is 1.88 bits per heavy atom. The van der Waals surface area contributed by atoms with Crippen molar-refractivity contribution in [1.82, 2.24) is 10.1 Å². The molecular weight excluding hydrogens is 218 g/mol. The highest BCUT2D eigenvalue weighted by Crippen LogP contribution is 2.29. The van der Waals surface area contributed by atoms with Crippen LogP contribution in [0.5, 0.6) is 0 Å². The summed E-state index contributed by atoms with van der Waals surface area (Å²) in [6.07, 6.45) is 8.69. The number of nitrogens with zero attached hydrogens (tertiary/aromatic N) is 2. The van der Waals surface area contributed by atoms with Gasteiger partial charge in [0.05, 0.1) is 6.61 Å². The van der Waals surface area contributed by atoms with E-state index in [4.69, 9.17) is 15.4 Å². The topological polar surface area (TPSA) is 85.2 Å². The highest BCUT2D eigenvalue weighted by atomic mass is 16.5. The minimum atomic E-state index is -0.551. The molecule has 0 amide bonds. The van der Waals surface area contributed by atoms with Crippen molar-refractivity contribution in [2.45, 2.75) is 56.9 Å². The number of rotatable bonds is 3. The summed E-state index contributed by atoms with van der Waals surface area (Å²) in [6.45, 7) is -0.160. The van der Waals surface area contributed by atoms with Crippen LogP contribution >= 0.6 is 0 Å². The summed E-state index contributed by atoms with van der Waals surface area (Å²) < 4.78 is 5.10. The zero-order chi connectivity index (χ0) is 12.1. The standard InChI is InChI=1S/C12H21N3O2/c13-10(8-16)12-14-11(15-17-12)9-6-4-2-1-3-5-7-9/h9-10,16H,1-8,13H2. The molecule has 96 valence electrons. The first kappa shape index (κ1) is 12.5. The molecule has 5 heteroatoms. The third-order valence-electron chi connectivity index (χ3n) is 3.44. The van der Waals surface area contributed by atoms with Crippen molar-refractivity contribution in [3.05, 3.63) is 11.7 Å². The molecule has 0 radical (unpaired) electrons. The van der Waals surface area contributed by atoms with Gasteiger partial charge in [0.15, 0.2) is 5.82 Å². The highest BCUT2D eigenvalue weighted by molar-refractivity contribution is 4.98. The number of aromatic nitrogens is 2. The van der Waals surface area contributed by atoms with E-state index >= 15 is 0 Å². The summed E-state index contributed by atoms with van der Waals surface area (Å²) in [5, 5.41) is 12.9.